The highest BCUT2D eigenvalue weighted by molar-refractivity contribution is 5.89. The number of carbonyl (C=O) groups is 2. The number of rotatable bonds is 8. The summed E-state index contributed by atoms with van der Waals surface area (Å²) in [5.41, 5.74) is 2.34. The number of aliphatic hydroxyl groups is 1. The average Bonchev–Trinajstić information content (AvgIpc) is 2.60. The highest BCUT2D eigenvalue weighted by Gasteiger charge is 2.33. The van der Waals surface area contributed by atoms with Crippen LogP contribution in [-0.4, -0.2) is 65.0 Å². The third-order valence-corrected chi connectivity index (χ3v) is 4.82. The van der Waals surface area contributed by atoms with E-state index in [1.807, 2.05) is 20.8 Å². The molecular formula is C20H31N3O3. The molecule has 0 aromatic heterocycles. The molecule has 2 amide bonds. The second-order valence-electron chi connectivity index (χ2n) is 7.23. The lowest BCUT2D eigenvalue weighted by atomic mass is 10.0. The quantitative estimate of drug-likeness (QED) is 0.732. The molecule has 26 heavy (non-hydrogen) atoms. The molecule has 0 aliphatic carbocycles. The van der Waals surface area contributed by atoms with Gasteiger partial charge in [-0.3, -0.25) is 14.5 Å². The largest absolute Gasteiger partial charge is 0.396 e. The lowest BCUT2D eigenvalue weighted by Crippen LogP contribution is -2.56. The maximum Gasteiger partial charge on any atom is 0.237 e. The van der Waals surface area contributed by atoms with E-state index in [-0.39, 0.29) is 30.9 Å². The Balaban J connectivity index is 2.07. The molecule has 2 N–H and O–H groups in total. The summed E-state index contributed by atoms with van der Waals surface area (Å²) in [5, 5.41) is 11.9. The van der Waals surface area contributed by atoms with Gasteiger partial charge in [0.25, 0.3) is 0 Å². The van der Waals surface area contributed by atoms with Crippen molar-refractivity contribution in [3.05, 3.63) is 35.4 Å². The molecule has 1 heterocycles. The van der Waals surface area contributed by atoms with E-state index >= 15 is 0 Å². The van der Waals surface area contributed by atoms with Crippen LogP contribution in [-0.2, 0) is 16.1 Å². The van der Waals surface area contributed by atoms with E-state index in [1.54, 1.807) is 4.90 Å². The number of hydrogen-bond acceptors (Lipinski definition) is 4. The molecular weight excluding hydrogens is 330 g/mol. The van der Waals surface area contributed by atoms with Crippen LogP contribution in [0.25, 0.3) is 0 Å². The van der Waals surface area contributed by atoms with Crippen molar-refractivity contribution in [2.45, 2.75) is 52.2 Å². The summed E-state index contributed by atoms with van der Waals surface area (Å²) in [7, 11) is 0. The minimum atomic E-state index is -0.451. The molecule has 1 aromatic carbocycles. The number of piperazine rings is 1. The molecule has 1 aromatic rings. The van der Waals surface area contributed by atoms with Gasteiger partial charge in [-0.1, -0.05) is 29.8 Å². The lowest BCUT2D eigenvalue weighted by molar-refractivity contribution is -0.140. The Morgan fingerprint density at radius 1 is 1.35 bits per heavy atom. The smallest absolute Gasteiger partial charge is 0.237 e. The predicted octanol–water partition coefficient (Wildman–Crippen LogP) is 1.30. The van der Waals surface area contributed by atoms with Crippen molar-refractivity contribution < 1.29 is 14.7 Å². The molecule has 0 bridgehead atoms. The Hall–Kier alpha value is -1.92. The number of hydrogen-bond donors (Lipinski definition) is 2. The molecule has 1 saturated heterocycles. The highest BCUT2D eigenvalue weighted by Crippen LogP contribution is 2.16. The molecule has 2 rings (SSSR count). The Bertz CT molecular complexity index is 601. The normalized spacial score (nSPS) is 18.0. The summed E-state index contributed by atoms with van der Waals surface area (Å²) >= 11 is 0. The summed E-state index contributed by atoms with van der Waals surface area (Å²) in [6.07, 6.45) is 0.717. The lowest BCUT2D eigenvalue weighted by Gasteiger charge is -2.36. The molecule has 1 aliphatic heterocycles. The second-order valence-corrected chi connectivity index (χ2v) is 7.23. The molecule has 6 nitrogen and oxygen atoms in total. The third-order valence-electron chi connectivity index (χ3n) is 4.82. The van der Waals surface area contributed by atoms with Gasteiger partial charge in [-0.25, -0.2) is 0 Å². The number of nitrogens with one attached hydrogen (secondary N) is 1. The van der Waals surface area contributed by atoms with E-state index in [0.717, 1.165) is 12.1 Å². The van der Waals surface area contributed by atoms with Gasteiger partial charge < -0.3 is 15.3 Å². The molecule has 0 radical (unpaired) electrons. The Kier molecular flexibility index (Phi) is 7.60. The van der Waals surface area contributed by atoms with Crippen LogP contribution >= 0.6 is 0 Å². The topological polar surface area (TPSA) is 72.9 Å². The van der Waals surface area contributed by atoms with Gasteiger partial charge in [-0.2, -0.15) is 0 Å². The zero-order chi connectivity index (χ0) is 19.1. The molecule has 1 unspecified atom stereocenters. The maximum absolute atomic E-state index is 12.8. The molecule has 144 valence electrons. The van der Waals surface area contributed by atoms with Crippen LogP contribution in [0.4, 0.5) is 0 Å². The van der Waals surface area contributed by atoms with Crippen molar-refractivity contribution in [1.29, 1.82) is 0 Å². The zero-order valence-corrected chi connectivity index (χ0v) is 16.1. The fraction of sp³-hybridized carbons (Fsp3) is 0.600. The van der Waals surface area contributed by atoms with E-state index in [1.165, 1.54) is 5.56 Å². The SMILES string of the molecule is Cc1ccc(CN2CCNC(=O)C2CC(=O)N(CCCO)C(C)C)cc1. The first-order valence-corrected chi connectivity index (χ1v) is 9.40. The van der Waals surface area contributed by atoms with Crippen molar-refractivity contribution in [1.82, 2.24) is 15.1 Å². The summed E-state index contributed by atoms with van der Waals surface area (Å²) in [6.45, 7) is 8.53. The first kappa shape index (κ1) is 20.4. The number of benzene rings is 1. The first-order valence-electron chi connectivity index (χ1n) is 9.40. The summed E-state index contributed by atoms with van der Waals surface area (Å²) in [4.78, 5) is 29.1. The number of carbonyl (C=O) groups excluding carboxylic acids is 2. The van der Waals surface area contributed by atoms with E-state index in [2.05, 4.69) is 34.5 Å². The van der Waals surface area contributed by atoms with Crippen LogP contribution in [0.15, 0.2) is 24.3 Å². The Morgan fingerprint density at radius 3 is 2.65 bits per heavy atom. The average molecular weight is 361 g/mol. The Labute approximate surface area is 156 Å². The van der Waals surface area contributed by atoms with Crippen LogP contribution in [0.1, 0.15) is 37.8 Å². The monoisotopic (exact) mass is 361 g/mol. The summed E-state index contributed by atoms with van der Waals surface area (Å²) in [5.74, 6) is -0.119. The van der Waals surface area contributed by atoms with Gasteiger partial charge in [0, 0.05) is 38.8 Å². The fourth-order valence-electron chi connectivity index (χ4n) is 3.30. The third kappa shape index (κ3) is 5.54. The van der Waals surface area contributed by atoms with Crippen molar-refractivity contribution in [3.8, 4) is 0 Å². The van der Waals surface area contributed by atoms with Crippen molar-refractivity contribution in [3.63, 3.8) is 0 Å². The van der Waals surface area contributed by atoms with Gasteiger partial charge in [-0.05, 0) is 32.8 Å². The predicted molar refractivity (Wildman–Crippen MR) is 102 cm³/mol. The van der Waals surface area contributed by atoms with Crippen molar-refractivity contribution in [2.24, 2.45) is 0 Å². The van der Waals surface area contributed by atoms with Gasteiger partial charge in [0.05, 0.1) is 12.5 Å². The van der Waals surface area contributed by atoms with E-state index < -0.39 is 6.04 Å². The van der Waals surface area contributed by atoms with Crippen LogP contribution in [0.3, 0.4) is 0 Å². The van der Waals surface area contributed by atoms with Gasteiger partial charge in [0.2, 0.25) is 11.8 Å². The molecule has 1 atom stereocenters. The van der Waals surface area contributed by atoms with Crippen LogP contribution < -0.4 is 5.32 Å². The molecule has 6 heteroatoms. The standard InChI is InChI=1S/C20H31N3O3/c1-15(2)23(10-4-12-24)19(25)13-18-20(26)21-9-11-22(18)14-17-7-5-16(3)6-8-17/h5-8,15,18,24H,4,9-14H2,1-3H3,(H,21,26). The van der Waals surface area contributed by atoms with Crippen LogP contribution in [0.2, 0.25) is 0 Å². The summed E-state index contributed by atoms with van der Waals surface area (Å²) < 4.78 is 0. The van der Waals surface area contributed by atoms with Gasteiger partial charge in [0.1, 0.15) is 0 Å². The number of nitrogens with zero attached hydrogens (tertiary/aromatic N) is 2. The summed E-state index contributed by atoms with van der Waals surface area (Å²) in [6, 6.07) is 7.87. The van der Waals surface area contributed by atoms with Gasteiger partial charge in [0.15, 0.2) is 0 Å². The Morgan fingerprint density at radius 2 is 2.04 bits per heavy atom. The first-order chi connectivity index (χ1) is 12.4. The maximum atomic E-state index is 12.8. The van der Waals surface area contributed by atoms with E-state index in [4.69, 9.17) is 5.11 Å². The fourth-order valence-corrected chi connectivity index (χ4v) is 3.30. The molecule has 0 saturated carbocycles. The van der Waals surface area contributed by atoms with Crippen LogP contribution in [0, 0.1) is 6.92 Å². The van der Waals surface area contributed by atoms with Crippen LogP contribution in [0.5, 0.6) is 0 Å². The molecule has 1 fully saturated rings. The zero-order valence-electron chi connectivity index (χ0n) is 16.1. The molecule has 1 aliphatic rings. The van der Waals surface area contributed by atoms with E-state index in [9.17, 15) is 9.59 Å². The highest BCUT2D eigenvalue weighted by atomic mass is 16.3. The van der Waals surface area contributed by atoms with Gasteiger partial charge >= 0.3 is 0 Å². The number of amides is 2. The van der Waals surface area contributed by atoms with Crippen molar-refractivity contribution >= 4 is 11.8 Å². The van der Waals surface area contributed by atoms with Crippen molar-refractivity contribution in [2.75, 3.05) is 26.2 Å². The minimum absolute atomic E-state index is 0.0376. The molecule has 0 spiro atoms. The minimum Gasteiger partial charge on any atom is -0.396 e. The number of aryl methyl sites for hydroxylation is 1. The number of aliphatic hydroxyl groups excluding tert-OH is 1. The van der Waals surface area contributed by atoms with E-state index in [0.29, 0.717) is 26.1 Å². The second kappa shape index (κ2) is 9.69. The van der Waals surface area contributed by atoms with Gasteiger partial charge in [-0.15, -0.1) is 0 Å².